The fourth-order valence-electron chi connectivity index (χ4n) is 1.98. The van der Waals surface area contributed by atoms with E-state index in [2.05, 4.69) is 10.3 Å². The van der Waals surface area contributed by atoms with Crippen LogP contribution in [0.15, 0.2) is 18.2 Å². The van der Waals surface area contributed by atoms with Crippen molar-refractivity contribution in [1.82, 2.24) is 15.2 Å². The van der Waals surface area contributed by atoms with E-state index in [4.69, 9.17) is 0 Å². The van der Waals surface area contributed by atoms with Crippen molar-refractivity contribution in [1.29, 1.82) is 0 Å². The molecule has 1 aliphatic heterocycles. The van der Waals surface area contributed by atoms with Gasteiger partial charge in [-0.15, -0.1) is 0 Å². The minimum atomic E-state index is 0.0115. The van der Waals surface area contributed by atoms with Crippen LogP contribution in [0.2, 0.25) is 0 Å². The Hall–Kier alpha value is -1.42. The molecule has 16 heavy (non-hydrogen) atoms. The number of pyridine rings is 1. The van der Waals surface area contributed by atoms with Crippen LogP contribution in [-0.4, -0.2) is 42.0 Å². The molecule has 4 heteroatoms. The van der Waals surface area contributed by atoms with Crippen molar-refractivity contribution in [2.75, 3.05) is 20.1 Å². The smallest absolute Gasteiger partial charge is 0.272 e. The van der Waals surface area contributed by atoms with E-state index in [9.17, 15) is 4.79 Å². The number of rotatable bonds is 2. The molecule has 1 unspecified atom stereocenters. The number of nitrogens with zero attached hydrogens (tertiary/aromatic N) is 2. The SMILES string of the molecule is Cc1cccc(C(=O)N(C)C2CCNC2)n1. The number of hydrogen-bond acceptors (Lipinski definition) is 3. The minimum absolute atomic E-state index is 0.0115. The Kier molecular flexibility index (Phi) is 3.19. The van der Waals surface area contributed by atoms with Crippen molar-refractivity contribution in [2.45, 2.75) is 19.4 Å². The first-order valence-corrected chi connectivity index (χ1v) is 5.60. The lowest BCUT2D eigenvalue weighted by atomic mass is 10.2. The molecule has 86 valence electrons. The molecule has 0 aliphatic carbocycles. The highest BCUT2D eigenvalue weighted by atomic mass is 16.2. The van der Waals surface area contributed by atoms with Crippen molar-refractivity contribution < 1.29 is 4.79 Å². The van der Waals surface area contributed by atoms with Crippen molar-refractivity contribution in [3.05, 3.63) is 29.6 Å². The number of aryl methyl sites for hydroxylation is 1. The molecule has 1 fully saturated rings. The van der Waals surface area contributed by atoms with E-state index in [1.165, 1.54) is 0 Å². The van der Waals surface area contributed by atoms with Gasteiger partial charge in [-0.2, -0.15) is 0 Å². The number of carbonyl (C=O) groups is 1. The quantitative estimate of drug-likeness (QED) is 0.801. The van der Waals surface area contributed by atoms with Crippen LogP contribution < -0.4 is 5.32 Å². The van der Waals surface area contributed by atoms with Gasteiger partial charge in [0.2, 0.25) is 0 Å². The van der Waals surface area contributed by atoms with Gasteiger partial charge in [0, 0.05) is 25.3 Å². The van der Waals surface area contributed by atoms with Gasteiger partial charge >= 0.3 is 0 Å². The predicted octanol–water partition coefficient (Wildman–Crippen LogP) is 0.824. The summed E-state index contributed by atoms with van der Waals surface area (Å²) in [6.45, 7) is 3.77. The van der Waals surface area contributed by atoms with E-state index in [1.807, 2.05) is 26.1 Å². The maximum absolute atomic E-state index is 12.1. The first-order valence-electron chi connectivity index (χ1n) is 5.60. The molecule has 0 aromatic carbocycles. The van der Waals surface area contributed by atoms with Gasteiger partial charge in [0.05, 0.1) is 0 Å². The van der Waals surface area contributed by atoms with Crippen molar-refractivity contribution in [3.63, 3.8) is 0 Å². The van der Waals surface area contributed by atoms with Gasteiger partial charge in [-0.1, -0.05) is 6.07 Å². The van der Waals surface area contributed by atoms with Gasteiger partial charge in [0.15, 0.2) is 0 Å². The van der Waals surface area contributed by atoms with Crippen LogP contribution in [0, 0.1) is 6.92 Å². The van der Waals surface area contributed by atoms with Crippen LogP contribution in [-0.2, 0) is 0 Å². The Labute approximate surface area is 95.7 Å². The van der Waals surface area contributed by atoms with Gasteiger partial charge in [0.1, 0.15) is 5.69 Å². The summed E-state index contributed by atoms with van der Waals surface area (Å²) in [7, 11) is 1.85. The van der Waals surface area contributed by atoms with Crippen LogP contribution in [0.1, 0.15) is 22.6 Å². The Morgan fingerprint density at radius 1 is 1.56 bits per heavy atom. The van der Waals surface area contributed by atoms with Crippen LogP contribution in [0.3, 0.4) is 0 Å². The average molecular weight is 219 g/mol. The minimum Gasteiger partial charge on any atom is -0.336 e. The number of carbonyl (C=O) groups excluding carboxylic acids is 1. The zero-order valence-electron chi connectivity index (χ0n) is 9.73. The summed E-state index contributed by atoms with van der Waals surface area (Å²) >= 11 is 0. The van der Waals surface area contributed by atoms with E-state index >= 15 is 0 Å². The normalized spacial score (nSPS) is 19.8. The summed E-state index contributed by atoms with van der Waals surface area (Å²) in [6.07, 6.45) is 1.02. The largest absolute Gasteiger partial charge is 0.336 e. The Morgan fingerprint density at radius 3 is 3.00 bits per heavy atom. The van der Waals surface area contributed by atoms with Gasteiger partial charge in [-0.05, 0) is 32.0 Å². The summed E-state index contributed by atoms with van der Waals surface area (Å²) in [5.41, 5.74) is 1.41. The monoisotopic (exact) mass is 219 g/mol. The van der Waals surface area contributed by atoms with E-state index in [0.29, 0.717) is 11.7 Å². The molecular weight excluding hydrogens is 202 g/mol. The molecule has 1 amide bonds. The molecule has 0 bridgehead atoms. The third-order valence-corrected chi connectivity index (χ3v) is 3.01. The van der Waals surface area contributed by atoms with Crippen LogP contribution in [0.5, 0.6) is 0 Å². The number of likely N-dealkylation sites (N-methyl/N-ethyl adjacent to an activating group) is 1. The lowest BCUT2D eigenvalue weighted by Crippen LogP contribution is -2.38. The maximum atomic E-state index is 12.1. The number of nitrogens with one attached hydrogen (secondary N) is 1. The summed E-state index contributed by atoms with van der Waals surface area (Å²) in [5, 5.41) is 3.26. The van der Waals surface area contributed by atoms with Gasteiger partial charge in [0.25, 0.3) is 5.91 Å². The molecular formula is C12H17N3O. The molecule has 1 aliphatic rings. The maximum Gasteiger partial charge on any atom is 0.272 e. The van der Waals surface area contributed by atoms with Gasteiger partial charge in [-0.3, -0.25) is 4.79 Å². The zero-order chi connectivity index (χ0) is 11.5. The fraction of sp³-hybridized carbons (Fsp3) is 0.500. The Balaban J connectivity index is 2.12. The van der Waals surface area contributed by atoms with Crippen molar-refractivity contribution in [2.24, 2.45) is 0 Å². The number of hydrogen-bond donors (Lipinski definition) is 1. The lowest BCUT2D eigenvalue weighted by molar-refractivity contribution is 0.0737. The second-order valence-corrected chi connectivity index (χ2v) is 4.23. The summed E-state index contributed by atoms with van der Waals surface area (Å²) in [5.74, 6) is 0.0115. The molecule has 1 atom stereocenters. The number of aromatic nitrogens is 1. The molecule has 0 radical (unpaired) electrons. The lowest BCUT2D eigenvalue weighted by Gasteiger charge is -2.23. The molecule has 1 aromatic heterocycles. The van der Waals surface area contributed by atoms with E-state index < -0.39 is 0 Å². The van der Waals surface area contributed by atoms with Gasteiger partial charge in [-0.25, -0.2) is 4.98 Å². The Bertz CT molecular complexity index is 386. The fourth-order valence-corrected chi connectivity index (χ4v) is 1.98. The molecule has 0 saturated carbocycles. The van der Waals surface area contributed by atoms with E-state index in [-0.39, 0.29) is 5.91 Å². The topological polar surface area (TPSA) is 45.2 Å². The second-order valence-electron chi connectivity index (χ2n) is 4.23. The molecule has 1 aromatic rings. The summed E-state index contributed by atoms with van der Waals surface area (Å²) < 4.78 is 0. The highest BCUT2D eigenvalue weighted by molar-refractivity contribution is 5.92. The molecule has 2 rings (SSSR count). The Morgan fingerprint density at radius 2 is 2.38 bits per heavy atom. The zero-order valence-corrected chi connectivity index (χ0v) is 9.73. The average Bonchev–Trinajstić information content (AvgIpc) is 2.80. The second kappa shape index (κ2) is 4.61. The van der Waals surface area contributed by atoms with Crippen molar-refractivity contribution in [3.8, 4) is 0 Å². The first kappa shape index (κ1) is 11.1. The van der Waals surface area contributed by atoms with E-state index in [0.717, 1.165) is 25.2 Å². The predicted molar refractivity (Wildman–Crippen MR) is 62.3 cm³/mol. The molecule has 1 N–H and O–H groups in total. The number of amides is 1. The third-order valence-electron chi connectivity index (χ3n) is 3.01. The van der Waals surface area contributed by atoms with Crippen LogP contribution in [0.25, 0.3) is 0 Å². The standard InChI is InChI=1S/C12H17N3O/c1-9-4-3-5-11(14-9)12(16)15(2)10-6-7-13-8-10/h3-5,10,13H,6-8H2,1-2H3. The molecule has 0 spiro atoms. The molecule has 4 nitrogen and oxygen atoms in total. The summed E-state index contributed by atoms with van der Waals surface area (Å²) in [6, 6.07) is 5.84. The highest BCUT2D eigenvalue weighted by Gasteiger charge is 2.24. The molecule has 1 saturated heterocycles. The molecule has 2 heterocycles. The highest BCUT2D eigenvalue weighted by Crippen LogP contribution is 2.10. The first-order chi connectivity index (χ1) is 7.68. The van der Waals surface area contributed by atoms with E-state index in [1.54, 1.807) is 11.0 Å². The van der Waals surface area contributed by atoms with Crippen LogP contribution in [0.4, 0.5) is 0 Å². The van der Waals surface area contributed by atoms with Gasteiger partial charge < -0.3 is 10.2 Å². The van der Waals surface area contributed by atoms with Crippen LogP contribution >= 0.6 is 0 Å². The van der Waals surface area contributed by atoms with Crippen molar-refractivity contribution >= 4 is 5.91 Å². The third kappa shape index (κ3) is 2.22. The summed E-state index contributed by atoms with van der Waals surface area (Å²) in [4.78, 5) is 18.2.